The Hall–Kier alpha value is -0.560. The molecule has 12 heavy (non-hydrogen) atoms. The summed E-state index contributed by atoms with van der Waals surface area (Å²) in [7, 11) is 0. The maximum Gasteiger partial charge on any atom is 0.189 e. The Morgan fingerprint density at radius 3 is 2.17 bits per heavy atom. The van der Waals surface area contributed by atoms with Gasteiger partial charge in [0.1, 0.15) is 31.6 Å². The van der Waals surface area contributed by atoms with Gasteiger partial charge in [0.2, 0.25) is 0 Å². The standard InChI is InChI=1S/C6H11FO5/c7-1-3(9)5(11)6(12)4(10)2-8/h3,5-6,8-9,11-12H,1-2H2/t3-,5-,6-/m1/s1/i7-1. The summed E-state index contributed by atoms with van der Waals surface area (Å²) in [6.45, 7) is -2.23. The highest BCUT2D eigenvalue weighted by Gasteiger charge is 2.29. The molecule has 0 unspecified atom stereocenters. The first kappa shape index (κ1) is 11.4. The first-order chi connectivity index (χ1) is 5.54. The number of ketones is 1. The zero-order chi connectivity index (χ0) is 9.72. The molecule has 0 aliphatic heterocycles. The second-order valence-corrected chi connectivity index (χ2v) is 2.28. The van der Waals surface area contributed by atoms with Crippen LogP contribution in [0.25, 0.3) is 0 Å². The van der Waals surface area contributed by atoms with Gasteiger partial charge >= 0.3 is 0 Å². The van der Waals surface area contributed by atoms with Crippen molar-refractivity contribution in [3.05, 3.63) is 0 Å². The monoisotopic (exact) mass is 181 g/mol. The first-order valence-corrected chi connectivity index (χ1v) is 3.28. The van der Waals surface area contributed by atoms with Crippen molar-refractivity contribution < 1.29 is 29.6 Å². The Morgan fingerprint density at radius 1 is 1.33 bits per heavy atom. The maximum absolute atomic E-state index is 11.7. The summed E-state index contributed by atoms with van der Waals surface area (Å²) in [5, 5.41) is 34.5. The average molecular weight is 181 g/mol. The van der Waals surface area contributed by atoms with Gasteiger partial charge in [-0.25, -0.2) is 4.39 Å². The molecule has 0 rings (SSSR count). The molecule has 0 fully saturated rings. The number of carbonyl (C=O) groups is 1. The predicted molar refractivity (Wildman–Crippen MR) is 36.1 cm³/mol. The predicted octanol–water partition coefficient (Wildman–Crippen LogP) is -2.40. The minimum Gasteiger partial charge on any atom is -0.388 e. The molecule has 6 heteroatoms. The van der Waals surface area contributed by atoms with E-state index < -0.39 is 37.4 Å². The van der Waals surface area contributed by atoms with Crippen molar-refractivity contribution in [1.29, 1.82) is 0 Å². The van der Waals surface area contributed by atoms with E-state index in [2.05, 4.69) is 0 Å². The summed E-state index contributed by atoms with van der Waals surface area (Å²) >= 11 is 0. The SMILES string of the molecule is O=C(CO)[C@@H](O)[C@H](O)[C@H](O)C[18F]. The lowest BCUT2D eigenvalue weighted by Gasteiger charge is -2.18. The quantitative estimate of drug-likeness (QED) is 0.379. The molecule has 0 amide bonds. The third kappa shape index (κ3) is 2.82. The first-order valence-electron chi connectivity index (χ1n) is 3.28. The molecule has 0 saturated heterocycles. The van der Waals surface area contributed by atoms with E-state index >= 15 is 0 Å². The van der Waals surface area contributed by atoms with Gasteiger partial charge in [0.15, 0.2) is 5.78 Å². The topological polar surface area (TPSA) is 98.0 Å². The van der Waals surface area contributed by atoms with E-state index in [0.717, 1.165) is 0 Å². The van der Waals surface area contributed by atoms with Crippen LogP contribution >= 0.6 is 0 Å². The Labute approximate surface area is 68.1 Å². The van der Waals surface area contributed by atoms with E-state index in [1.54, 1.807) is 0 Å². The second-order valence-electron chi connectivity index (χ2n) is 2.28. The Kier molecular flexibility index (Phi) is 4.91. The molecular weight excluding hydrogens is 170 g/mol. The molecule has 0 saturated carbocycles. The number of rotatable bonds is 5. The number of Topliss-reactive ketones (excluding diaryl/α,β-unsaturated/α-hetero) is 1. The Balaban J connectivity index is 4.08. The minimum atomic E-state index is -1.94. The van der Waals surface area contributed by atoms with E-state index in [0.29, 0.717) is 0 Å². The van der Waals surface area contributed by atoms with Crippen molar-refractivity contribution in [3.8, 4) is 0 Å². The zero-order valence-corrected chi connectivity index (χ0v) is 6.22. The van der Waals surface area contributed by atoms with Crippen molar-refractivity contribution in [2.45, 2.75) is 18.3 Å². The molecule has 0 radical (unpaired) electrons. The third-order valence-electron chi connectivity index (χ3n) is 1.36. The maximum atomic E-state index is 11.7. The molecule has 72 valence electrons. The van der Waals surface area contributed by atoms with Crippen LogP contribution in [0.1, 0.15) is 0 Å². The summed E-state index contributed by atoms with van der Waals surface area (Å²) in [6.07, 6.45) is -5.65. The van der Waals surface area contributed by atoms with Gasteiger partial charge in [-0.05, 0) is 0 Å². The van der Waals surface area contributed by atoms with Gasteiger partial charge in [0.05, 0.1) is 0 Å². The van der Waals surface area contributed by atoms with Crippen LogP contribution in [0.5, 0.6) is 0 Å². The lowest BCUT2D eigenvalue weighted by Crippen LogP contribution is -2.44. The number of aliphatic hydroxyl groups excluding tert-OH is 4. The molecular formula is C6H11FO5. The molecule has 0 spiro atoms. The van der Waals surface area contributed by atoms with Gasteiger partial charge in [-0.2, -0.15) is 0 Å². The van der Waals surface area contributed by atoms with Crippen LogP contribution in [0.15, 0.2) is 0 Å². The van der Waals surface area contributed by atoms with Crippen LogP contribution in [0.4, 0.5) is 4.39 Å². The van der Waals surface area contributed by atoms with Crippen LogP contribution in [0, 0.1) is 0 Å². The van der Waals surface area contributed by atoms with Crippen molar-refractivity contribution in [1.82, 2.24) is 0 Å². The van der Waals surface area contributed by atoms with Crippen LogP contribution in [-0.2, 0) is 4.79 Å². The van der Waals surface area contributed by atoms with E-state index in [-0.39, 0.29) is 0 Å². The van der Waals surface area contributed by atoms with Crippen LogP contribution in [0.2, 0.25) is 0 Å². The van der Waals surface area contributed by atoms with Crippen molar-refractivity contribution in [2.24, 2.45) is 0 Å². The number of alkyl halides is 1. The van der Waals surface area contributed by atoms with Crippen LogP contribution in [-0.4, -0.2) is 57.8 Å². The summed E-state index contributed by atoms with van der Waals surface area (Å²) in [4.78, 5) is 10.5. The van der Waals surface area contributed by atoms with Gasteiger partial charge in [0.25, 0.3) is 0 Å². The highest BCUT2D eigenvalue weighted by molar-refractivity contribution is 5.84. The molecule has 0 aromatic heterocycles. The smallest absolute Gasteiger partial charge is 0.189 e. The van der Waals surface area contributed by atoms with Gasteiger partial charge in [-0.1, -0.05) is 0 Å². The molecule has 0 aromatic rings. The summed E-state index contributed by atoms with van der Waals surface area (Å²) < 4.78 is 11.7. The van der Waals surface area contributed by atoms with Gasteiger partial charge in [-0.15, -0.1) is 0 Å². The molecule has 4 N–H and O–H groups in total. The fraction of sp³-hybridized carbons (Fsp3) is 0.833. The molecule has 5 nitrogen and oxygen atoms in total. The molecule has 0 bridgehead atoms. The average Bonchev–Trinajstić information content (AvgIpc) is 2.12. The lowest BCUT2D eigenvalue weighted by atomic mass is 10.1. The van der Waals surface area contributed by atoms with Crippen molar-refractivity contribution in [3.63, 3.8) is 0 Å². The van der Waals surface area contributed by atoms with Gasteiger partial charge < -0.3 is 20.4 Å². The number of halogens is 1. The fourth-order valence-corrected chi connectivity index (χ4v) is 0.586. The highest BCUT2D eigenvalue weighted by atomic mass is 18.2. The van der Waals surface area contributed by atoms with Crippen LogP contribution < -0.4 is 0 Å². The van der Waals surface area contributed by atoms with E-state index in [1.807, 2.05) is 0 Å². The van der Waals surface area contributed by atoms with E-state index in [9.17, 15) is 9.18 Å². The van der Waals surface area contributed by atoms with E-state index in [1.165, 1.54) is 0 Å². The number of carbonyl (C=O) groups excluding carboxylic acids is 1. The molecule has 3 atom stereocenters. The highest BCUT2D eigenvalue weighted by Crippen LogP contribution is 2.01. The molecule has 0 aromatic carbocycles. The van der Waals surface area contributed by atoms with Gasteiger partial charge in [0, 0.05) is 0 Å². The zero-order valence-electron chi connectivity index (χ0n) is 6.22. The number of hydrogen-bond acceptors (Lipinski definition) is 5. The molecule has 0 aliphatic carbocycles. The minimum absolute atomic E-state index is 0.961. The van der Waals surface area contributed by atoms with E-state index in [4.69, 9.17) is 20.4 Å². The fourth-order valence-electron chi connectivity index (χ4n) is 0.586. The summed E-state index contributed by atoms with van der Waals surface area (Å²) in [6, 6.07) is 0. The second kappa shape index (κ2) is 5.15. The molecule has 0 aliphatic rings. The van der Waals surface area contributed by atoms with Crippen LogP contribution in [0.3, 0.4) is 0 Å². The van der Waals surface area contributed by atoms with Crippen molar-refractivity contribution in [2.75, 3.05) is 13.3 Å². The lowest BCUT2D eigenvalue weighted by molar-refractivity contribution is -0.141. The summed E-state index contributed by atoms with van der Waals surface area (Å²) in [5.41, 5.74) is 0. The van der Waals surface area contributed by atoms with Crippen molar-refractivity contribution >= 4 is 5.78 Å². The largest absolute Gasteiger partial charge is 0.388 e. The number of aliphatic hydroxyl groups is 4. The summed E-state index contributed by atoms with van der Waals surface area (Å²) in [5.74, 6) is -1.06. The Bertz CT molecular complexity index is 151. The number of hydrogen-bond donors (Lipinski definition) is 4. The normalized spacial score (nSPS) is 18.4. The molecule has 0 heterocycles. The van der Waals surface area contributed by atoms with Gasteiger partial charge in [-0.3, -0.25) is 4.79 Å². The Morgan fingerprint density at radius 2 is 1.83 bits per heavy atom. The third-order valence-corrected chi connectivity index (χ3v) is 1.36.